The molecule has 0 aromatic heterocycles. The SMILES string of the molecule is CC1CCC2CCOC3OC4(C)CCC1C23OO4. The van der Waals surface area contributed by atoms with Gasteiger partial charge in [-0.1, -0.05) is 6.92 Å². The van der Waals surface area contributed by atoms with Crippen molar-refractivity contribution in [1.82, 2.24) is 0 Å². The summed E-state index contributed by atoms with van der Waals surface area (Å²) in [5, 5.41) is 0. The van der Waals surface area contributed by atoms with Crippen LogP contribution in [0.25, 0.3) is 0 Å². The molecular weight excluding hydrogens is 232 g/mol. The van der Waals surface area contributed by atoms with Crippen molar-refractivity contribution in [2.45, 2.75) is 63.6 Å². The first-order valence-electron chi connectivity index (χ1n) is 7.30. The second-order valence-corrected chi connectivity index (χ2v) is 6.66. The van der Waals surface area contributed by atoms with Crippen molar-refractivity contribution in [3.63, 3.8) is 0 Å². The van der Waals surface area contributed by atoms with E-state index in [9.17, 15) is 0 Å². The van der Waals surface area contributed by atoms with E-state index in [1.54, 1.807) is 0 Å². The van der Waals surface area contributed by atoms with Gasteiger partial charge in [-0.3, -0.25) is 0 Å². The maximum absolute atomic E-state index is 6.11. The summed E-state index contributed by atoms with van der Waals surface area (Å²) in [5.41, 5.74) is -0.341. The quantitative estimate of drug-likeness (QED) is 0.623. The van der Waals surface area contributed by atoms with Crippen molar-refractivity contribution in [3.8, 4) is 0 Å². The smallest absolute Gasteiger partial charge is 0.201 e. The lowest BCUT2D eigenvalue weighted by molar-refractivity contribution is -0.564. The van der Waals surface area contributed by atoms with Gasteiger partial charge in [0.15, 0.2) is 11.9 Å². The van der Waals surface area contributed by atoms with E-state index in [4.69, 9.17) is 19.2 Å². The molecule has 4 heterocycles. The first-order chi connectivity index (χ1) is 8.64. The Morgan fingerprint density at radius 1 is 1.06 bits per heavy atom. The van der Waals surface area contributed by atoms with Gasteiger partial charge in [-0.15, -0.1) is 0 Å². The maximum atomic E-state index is 6.11. The fourth-order valence-corrected chi connectivity index (χ4v) is 4.55. The van der Waals surface area contributed by atoms with E-state index in [0.29, 0.717) is 17.8 Å². The minimum Gasteiger partial charge on any atom is -0.349 e. The van der Waals surface area contributed by atoms with Crippen LogP contribution in [0.2, 0.25) is 0 Å². The highest BCUT2D eigenvalue weighted by molar-refractivity contribution is 5.06. The topological polar surface area (TPSA) is 36.9 Å². The van der Waals surface area contributed by atoms with Gasteiger partial charge in [0, 0.05) is 6.42 Å². The molecule has 6 unspecified atom stereocenters. The first kappa shape index (κ1) is 11.6. The summed E-state index contributed by atoms with van der Waals surface area (Å²) < 4.78 is 12.0. The lowest BCUT2D eigenvalue weighted by Crippen LogP contribution is -2.67. The molecule has 1 spiro atoms. The van der Waals surface area contributed by atoms with Crippen molar-refractivity contribution in [2.24, 2.45) is 17.8 Å². The van der Waals surface area contributed by atoms with Crippen LogP contribution in [0.1, 0.15) is 46.0 Å². The van der Waals surface area contributed by atoms with Gasteiger partial charge in [-0.25, -0.2) is 9.78 Å². The molecule has 5 aliphatic rings. The van der Waals surface area contributed by atoms with E-state index in [2.05, 4.69) is 6.92 Å². The molecule has 0 N–H and O–H groups in total. The number of rotatable bonds is 0. The van der Waals surface area contributed by atoms with Gasteiger partial charge in [-0.05, 0) is 50.4 Å². The van der Waals surface area contributed by atoms with E-state index in [0.717, 1.165) is 25.9 Å². The molecule has 6 atom stereocenters. The van der Waals surface area contributed by atoms with Crippen LogP contribution in [0.5, 0.6) is 0 Å². The summed E-state index contributed by atoms with van der Waals surface area (Å²) in [6.07, 6.45) is 5.36. The number of ether oxygens (including phenoxy) is 2. The summed E-state index contributed by atoms with van der Waals surface area (Å²) in [7, 11) is 0. The normalized spacial score (nSPS) is 59.0. The average molecular weight is 254 g/mol. The van der Waals surface area contributed by atoms with Gasteiger partial charge in [0.2, 0.25) is 5.79 Å². The highest BCUT2D eigenvalue weighted by Gasteiger charge is 2.66. The molecule has 102 valence electrons. The third-order valence-corrected chi connectivity index (χ3v) is 5.61. The third kappa shape index (κ3) is 1.35. The van der Waals surface area contributed by atoms with Gasteiger partial charge < -0.3 is 9.47 Å². The molecule has 18 heavy (non-hydrogen) atoms. The van der Waals surface area contributed by atoms with Crippen LogP contribution in [0.4, 0.5) is 0 Å². The predicted octanol–water partition coefficient (Wildman–Crippen LogP) is 2.62. The molecule has 4 aliphatic heterocycles. The zero-order valence-electron chi connectivity index (χ0n) is 11.2. The monoisotopic (exact) mass is 254 g/mol. The Morgan fingerprint density at radius 3 is 2.83 bits per heavy atom. The van der Waals surface area contributed by atoms with Gasteiger partial charge in [-0.2, -0.15) is 0 Å². The molecule has 4 nitrogen and oxygen atoms in total. The summed E-state index contributed by atoms with van der Waals surface area (Å²) in [6.45, 7) is 5.10. The molecule has 5 rings (SSSR count). The van der Waals surface area contributed by atoms with Crippen LogP contribution in [-0.4, -0.2) is 24.3 Å². The zero-order chi connectivity index (χ0) is 12.4. The molecule has 2 bridgehead atoms. The minimum atomic E-state index is -0.616. The molecular formula is C14H22O4. The molecule has 5 fully saturated rings. The highest BCUT2D eigenvalue weighted by Crippen LogP contribution is 2.58. The maximum Gasteiger partial charge on any atom is 0.201 e. The Hall–Kier alpha value is -0.160. The Kier molecular flexibility index (Phi) is 2.39. The molecule has 1 saturated carbocycles. The molecule has 4 heteroatoms. The molecule has 0 aromatic carbocycles. The molecule has 0 amide bonds. The standard InChI is InChI=1S/C14H22O4/c1-9-3-4-10-6-8-15-12-14(10)11(9)5-7-13(2,16-12)17-18-14/h9-12H,3-8H2,1-2H3. The van der Waals surface area contributed by atoms with Crippen LogP contribution >= 0.6 is 0 Å². The molecule has 0 radical (unpaired) electrons. The predicted molar refractivity (Wildman–Crippen MR) is 63.4 cm³/mol. The highest BCUT2D eigenvalue weighted by atomic mass is 17.3. The van der Waals surface area contributed by atoms with Gasteiger partial charge in [0.05, 0.1) is 6.61 Å². The van der Waals surface area contributed by atoms with Gasteiger partial charge >= 0.3 is 0 Å². The largest absolute Gasteiger partial charge is 0.349 e. The van der Waals surface area contributed by atoms with Crippen molar-refractivity contribution in [2.75, 3.05) is 6.61 Å². The second kappa shape index (κ2) is 3.69. The fraction of sp³-hybridized carbons (Fsp3) is 1.00. The van der Waals surface area contributed by atoms with Gasteiger partial charge in [0.1, 0.15) is 0 Å². The molecule has 4 saturated heterocycles. The van der Waals surface area contributed by atoms with Crippen LogP contribution in [0.3, 0.4) is 0 Å². The van der Waals surface area contributed by atoms with Crippen LogP contribution in [0.15, 0.2) is 0 Å². The Balaban J connectivity index is 1.80. The zero-order valence-corrected chi connectivity index (χ0v) is 11.2. The lowest BCUT2D eigenvalue weighted by atomic mass is 9.61. The van der Waals surface area contributed by atoms with E-state index in [1.807, 2.05) is 6.92 Å². The second-order valence-electron chi connectivity index (χ2n) is 6.66. The van der Waals surface area contributed by atoms with Crippen molar-refractivity contribution >= 4 is 0 Å². The summed E-state index contributed by atoms with van der Waals surface area (Å²) in [5.74, 6) is 1.08. The third-order valence-electron chi connectivity index (χ3n) is 5.61. The molecule has 1 aliphatic carbocycles. The molecule has 0 aromatic rings. The summed E-state index contributed by atoms with van der Waals surface area (Å²) in [6, 6.07) is 0. The van der Waals surface area contributed by atoms with E-state index < -0.39 is 5.79 Å². The van der Waals surface area contributed by atoms with Crippen molar-refractivity contribution < 1.29 is 19.2 Å². The van der Waals surface area contributed by atoms with E-state index in [1.165, 1.54) is 12.8 Å². The summed E-state index contributed by atoms with van der Waals surface area (Å²) >= 11 is 0. The van der Waals surface area contributed by atoms with E-state index in [-0.39, 0.29) is 11.9 Å². The van der Waals surface area contributed by atoms with Crippen molar-refractivity contribution in [1.29, 1.82) is 0 Å². The van der Waals surface area contributed by atoms with Crippen LogP contribution in [-0.2, 0) is 19.2 Å². The first-order valence-corrected chi connectivity index (χ1v) is 7.30. The van der Waals surface area contributed by atoms with Crippen LogP contribution < -0.4 is 0 Å². The fourth-order valence-electron chi connectivity index (χ4n) is 4.55. The Morgan fingerprint density at radius 2 is 1.94 bits per heavy atom. The number of hydrogen-bond donors (Lipinski definition) is 0. The van der Waals surface area contributed by atoms with Gasteiger partial charge in [0.25, 0.3) is 0 Å². The van der Waals surface area contributed by atoms with Crippen molar-refractivity contribution in [3.05, 3.63) is 0 Å². The number of hydrogen-bond acceptors (Lipinski definition) is 4. The number of fused-ring (bicyclic) bond motifs is 2. The van der Waals surface area contributed by atoms with Crippen LogP contribution in [0, 0.1) is 17.8 Å². The van der Waals surface area contributed by atoms with E-state index >= 15 is 0 Å². The Bertz CT molecular complexity index is 356. The average Bonchev–Trinajstić information content (AvgIpc) is 2.59. The Labute approximate surface area is 108 Å². The lowest BCUT2D eigenvalue weighted by Gasteiger charge is -2.57. The summed E-state index contributed by atoms with van der Waals surface area (Å²) in [4.78, 5) is 11.6. The minimum absolute atomic E-state index is 0.231.